The van der Waals surface area contributed by atoms with E-state index in [9.17, 15) is 4.79 Å². The Morgan fingerprint density at radius 1 is 0.957 bits per heavy atom. The number of ether oxygens (including phenoxy) is 1. The summed E-state index contributed by atoms with van der Waals surface area (Å²) in [5, 5.41) is 0.881. The first-order valence-corrected chi connectivity index (χ1v) is 7.43. The van der Waals surface area contributed by atoms with Crippen LogP contribution in [0.25, 0.3) is 23.1 Å². The molecule has 0 bridgehead atoms. The van der Waals surface area contributed by atoms with Crippen LogP contribution in [0.5, 0.6) is 5.75 Å². The summed E-state index contributed by atoms with van der Waals surface area (Å²) in [4.78, 5) is 11.8. The zero-order chi connectivity index (χ0) is 16.4. The van der Waals surface area contributed by atoms with E-state index in [1.165, 1.54) is 17.2 Å². The van der Waals surface area contributed by atoms with Gasteiger partial charge in [0.25, 0.3) is 0 Å². The van der Waals surface area contributed by atoms with Crippen molar-refractivity contribution in [1.82, 2.24) is 0 Å². The minimum absolute atomic E-state index is 0.370. The molecule has 23 heavy (non-hydrogen) atoms. The second-order valence-corrected chi connectivity index (χ2v) is 5.64. The van der Waals surface area contributed by atoms with Crippen molar-refractivity contribution in [2.45, 2.75) is 13.8 Å². The highest BCUT2D eigenvalue weighted by atomic mass is 16.5. The standard InChI is InChI=1S/C20H18O3/c1-13-8-14(2)10-15(9-13)4-5-16-11-20(21)23-19-12-17(22-3)6-7-18(16)19/h4-12H,1-3H3/b5-4+. The highest BCUT2D eigenvalue weighted by molar-refractivity contribution is 5.90. The summed E-state index contributed by atoms with van der Waals surface area (Å²) in [6, 6.07) is 13.4. The third-order valence-electron chi connectivity index (χ3n) is 3.68. The third kappa shape index (κ3) is 3.34. The Kier molecular flexibility index (Phi) is 4.02. The molecular formula is C20H18O3. The summed E-state index contributed by atoms with van der Waals surface area (Å²) in [7, 11) is 1.59. The van der Waals surface area contributed by atoms with Gasteiger partial charge in [-0.2, -0.15) is 0 Å². The molecular weight excluding hydrogens is 288 g/mol. The molecule has 2 aromatic carbocycles. The Bertz CT molecular complexity index is 928. The van der Waals surface area contributed by atoms with Crippen LogP contribution in [0.3, 0.4) is 0 Å². The predicted octanol–water partition coefficient (Wildman–Crippen LogP) is 4.59. The lowest BCUT2D eigenvalue weighted by Crippen LogP contribution is -1.98. The fraction of sp³-hybridized carbons (Fsp3) is 0.150. The zero-order valence-corrected chi connectivity index (χ0v) is 13.4. The molecule has 0 saturated heterocycles. The molecule has 0 spiro atoms. The zero-order valence-electron chi connectivity index (χ0n) is 13.4. The molecule has 0 N–H and O–H groups in total. The van der Waals surface area contributed by atoms with E-state index in [1.54, 1.807) is 13.2 Å². The van der Waals surface area contributed by atoms with E-state index in [2.05, 4.69) is 32.0 Å². The van der Waals surface area contributed by atoms with Crippen LogP contribution in [0.15, 0.2) is 51.7 Å². The minimum atomic E-state index is -0.370. The molecule has 0 radical (unpaired) electrons. The predicted molar refractivity (Wildman–Crippen MR) is 93.9 cm³/mol. The van der Waals surface area contributed by atoms with E-state index < -0.39 is 0 Å². The van der Waals surface area contributed by atoms with Gasteiger partial charge in [-0.3, -0.25) is 0 Å². The van der Waals surface area contributed by atoms with E-state index >= 15 is 0 Å². The molecule has 0 fully saturated rings. The maximum atomic E-state index is 11.8. The van der Waals surface area contributed by atoms with Gasteiger partial charge in [0.15, 0.2) is 0 Å². The molecule has 3 aromatic rings. The molecule has 0 saturated carbocycles. The third-order valence-corrected chi connectivity index (χ3v) is 3.68. The van der Waals surface area contributed by atoms with E-state index in [1.807, 2.05) is 24.3 Å². The summed E-state index contributed by atoms with van der Waals surface area (Å²) in [5.74, 6) is 0.663. The van der Waals surface area contributed by atoms with Crippen molar-refractivity contribution in [1.29, 1.82) is 0 Å². The Morgan fingerprint density at radius 3 is 2.39 bits per heavy atom. The number of methoxy groups -OCH3 is 1. The van der Waals surface area contributed by atoms with Crippen LogP contribution < -0.4 is 10.4 Å². The number of rotatable bonds is 3. The summed E-state index contributed by atoms with van der Waals surface area (Å²) in [6.45, 7) is 4.15. The summed E-state index contributed by atoms with van der Waals surface area (Å²) < 4.78 is 10.4. The van der Waals surface area contributed by atoms with E-state index in [0.717, 1.165) is 16.5 Å². The minimum Gasteiger partial charge on any atom is -0.497 e. The summed E-state index contributed by atoms with van der Waals surface area (Å²) >= 11 is 0. The molecule has 0 atom stereocenters. The van der Waals surface area contributed by atoms with Crippen LogP contribution >= 0.6 is 0 Å². The molecule has 3 nitrogen and oxygen atoms in total. The fourth-order valence-electron chi connectivity index (χ4n) is 2.73. The van der Waals surface area contributed by atoms with Gasteiger partial charge in [0.1, 0.15) is 11.3 Å². The average molecular weight is 306 g/mol. The van der Waals surface area contributed by atoms with Crippen molar-refractivity contribution >= 4 is 23.1 Å². The Hall–Kier alpha value is -2.81. The van der Waals surface area contributed by atoms with Gasteiger partial charge in [0.2, 0.25) is 0 Å². The van der Waals surface area contributed by atoms with Crippen molar-refractivity contribution in [3.05, 3.63) is 75.1 Å². The molecule has 0 unspecified atom stereocenters. The first-order valence-electron chi connectivity index (χ1n) is 7.43. The van der Waals surface area contributed by atoms with Crippen LogP contribution in [0, 0.1) is 13.8 Å². The Labute approximate surface area is 134 Å². The number of hydrogen-bond acceptors (Lipinski definition) is 3. The van der Waals surface area contributed by atoms with Gasteiger partial charge in [-0.1, -0.05) is 41.5 Å². The monoisotopic (exact) mass is 306 g/mol. The SMILES string of the molecule is COc1ccc2c(/C=C/c3cc(C)cc(C)c3)cc(=O)oc2c1. The molecule has 116 valence electrons. The van der Waals surface area contributed by atoms with Gasteiger partial charge in [0.05, 0.1) is 7.11 Å². The lowest BCUT2D eigenvalue weighted by atomic mass is 10.0. The summed E-state index contributed by atoms with van der Waals surface area (Å²) in [5.41, 5.74) is 4.52. The van der Waals surface area contributed by atoms with Gasteiger partial charge in [-0.25, -0.2) is 4.79 Å². The van der Waals surface area contributed by atoms with E-state index in [4.69, 9.17) is 9.15 Å². The van der Waals surface area contributed by atoms with Gasteiger partial charge in [0, 0.05) is 17.5 Å². The van der Waals surface area contributed by atoms with Gasteiger partial charge >= 0.3 is 5.63 Å². The highest BCUT2D eigenvalue weighted by Gasteiger charge is 2.05. The average Bonchev–Trinajstić information content (AvgIpc) is 2.50. The van der Waals surface area contributed by atoms with Crippen LogP contribution in [0.2, 0.25) is 0 Å². The van der Waals surface area contributed by atoms with E-state index in [0.29, 0.717) is 11.3 Å². The molecule has 1 aromatic heterocycles. The molecule has 0 amide bonds. The van der Waals surface area contributed by atoms with Crippen molar-refractivity contribution < 1.29 is 9.15 Å². The first kappa shape index (κ1) is 15.1. The van der Waals surface area contributed by atoms with Crippen LogP contribution in [0.1, 0.15) is 22.3 Å². The second kappa shape index (κ2) is 6.13. The number of fused-ring (bicyclic) bond motifs is 1. The van der Waals surface area contributed by atoms with Gasteiger partial charge in [-0.15, -0.1) is 0 Å². The van der Waals surface area contributed by atoms with Crippen LogP contribution in [-0.4, -0.2) is 7.11 Å². The first-order chi connectivity index (χ1) is 11.0. The molecule has 0 aliphatic heterocycles. The molecule has 1 heterocycles. The molecule has 3 rings (SSSR count). The van der Waals surface area contributed by atoms with Crippen molar-refractivity contribution in [2.24, 2.45) is 0 Å². The topological polar surface area (TPSA) is 39.4 Å². The maximum absolute atomic E-state index is 11.8. The summed E-state index contributed by atoms with van der Waals surface area (Å²) in [6.07, 6.45) is 3.96. The lowest BCUT2D eigenvalue weighted by molar-refractivity contribution is 0.414. The Balaban J connectivity index is 2.08. The van der Waals surface area contributed by atoms with Crippen molar-refractivity contribution in [3.63, 3.8) is 0 Å². The molecule has 3 heteroatoms. The number of hydrogen-bond donors (Lipinski definition) is 0. The molecule has 0 aliphatic carbocycles. The van der Waals surface area contributed by atoms with Crippen LogP contribution in [-0.2, 0) is 0 Å². The second-order valence-electron chi connectivity index (χ2n) is 5.64. The largest absolute Gasteiger partial charge is 0.497 e. The Morgan fingerprint density at radius 2 is 1.70 bits per heavy atom. The van der Waals surface area contributed by atoms with Crippen molar-refractivity contribution in [3.8, 4) is 5.75 Å². The van der Waals surface area contributed by atoms with Gasteiger partial charge < -0.3 is 9.15 Å². The quantitative estimate of drug-likeness (QED) is 0.664. The maximum Gasteiger partial charge on any atom is 0.336 e. The fourth-order valence-corrected chi connectivity index (χ4v) is 2.73. The number of aryl methyl sites for hydroxylation is 2. The number of benzene rings is 2. The highest BCUT2D eigenvalue weighted by Crippen LogP contribution is 2.24. The van der Waals surface area contributed by atoms with Crippen LogP contribution in [0.4, 0.5) is 0 Å². The van der Waals surface area contributed by atoms with Crippen molar-refractivity contribution in [2.75, 3.05) is 7.11 Å². The smallest absolute Gasteiger partial charge is 0.336 e. The lowest BCUT2D eigenvalue weighted by Gasteiger charge is -2.04. The normalized spacial score (nSPS) is 11.3. The van der Waals surface area contributed by atoms with E-state index in [-0.39, 0.29) is 5.63 Å². The molecule has 0 aliphatic rings. The van der Waals surface area contributed by atoms with Gasteiger partial charge in [-0.05, 0) is 37.1 Å².